The number of benzene rings is 1. The number of hydrogen-bond donors (Lipinski definition) is 0. The fraction of sp³-hybridized carbons (Fsp3) is 0.333. The number of hydrogen-bond acceptors (Lipinski definition) is 3. The lowest BCUT2D eigenvalue weighted by molar-refractivity contribution is 0.228. The third kappa shape index (κ3) is 3.14. The molecule has 1 aliphatic rings. The van der Waals surface area contributed by atoms with E-state index >= 15 is 0 Å². The maximum absolute atomic E-state index is 5.85. The van der Waals surface area contributed by atoms with Crippen molar-refractivity contribution in [2.24, 2.45) is 5.92 Å². The Balaban J connectivity index is 1.88. The van der Waals surface area contributed by atoms with Crippen LogP contribution in [0, 0.1) is 8.80 Å². The van der Waals surface area contributed by atoms with Crippen LogP contribution >= 0.6 is 49.9 Å². The molecule has 20 heavy (non-hydrogen) atoms. The van der Waals surface area contributed by atoms with E-state index in [9.17, 15) is 0 Å². The molecule has 5 heteroatoms. The van der Waals surface area contributed by atoms with Gasteiger partial charge in [0.25, 0.3) is 0 Å². The Hall–Kier alpha value is -0.270. The number of halogens is 2. The lowest BCUT2D eigenvalue weighted by Crippen LogP contribution is -2.12. The van der Waals surface area contributed by atoms with Gasteiger partial charge in [-0.1, -0.05) is 28.9 Å². The first-order chi connectivity index (χ1) is 9.63. The van der Waals surface area contributed by atoms with Crippen LogP contribution in [0.25, 0.3) is 0 Å². The number of ether oxygens (including phenoxy) is 2. The maximum atomic E-state index is 5.85. The van der Waals surface area contributed by atoms with Crippen molar-refractivity contribution in [3.8, 4) is 11.5 Å². The van der Waals surface area contributed by atoms with Crippen molar-refractivity contribution < 1.29 is 9.47 Å². The van der Waals surface area contributed by atoms with Crippen molar-refractivity contribution in [3.05, 3.63) is 43.7 Å². The zero-order valence-electron chi connectivity index (χ0n) is 10.9. The smallest absolute Gasteiger partial charge is 0.161 e. The average Bonchev–Trinajstić information content (AvgIpc) is 2.80. The Kier molecular flexibility index (Phi) is 4.57. The Bertz CT molecular complexity index is 614. The van der Waals surface area contributed by atoms with E-state index in [1.165, 1.54) is 14.0 Å². The summed E-state index contributed by atoms with van der Waals surface area (Å²) in [6.07, 6.45) is 0. The second-order valence-electron chi connectivity index (χ2n) is 4.98. The quantitative estimate of drug-likeness (QED) is 0.446. The molecule has 1 aromatic carbocycles. The molecule has 0 saturated heterocycles. The molecule has 2 heterocycles. The highest BCUT2D eigenvalue weighted by atomic mass is 127. The molecule has 0 aliphatic carbocycles. The summed E-state index contributed by atoms with van der Waals surface area (Å²) in [7, 11) is 0. The largest absolute Gasteiger partial charge is 0.489 e. The van der Waals surface area contributed by atoms with Gasteiger partial charge in [0.15, 0.2) is 11.5 Å². The van der Waals surface area contributed by atoms with Crippen LogP contribution < -0.4 is 9.47 Å². The van der Waals surface area contributed by atoms with Crippen molar-refractivity contribution in [1.82, 2.24) is 0 Å². The van der Waals surface area contributed by atoms with E-state index < -0.39 is 0 Å². The third-order valence-corrected chi connectivity index (χ3v) is 6.05. The second-order valence-corrected chi connectivity index (χ2v) is 8.70. The van der Waals surface area contributed by atoms with Gasteiger partial charge in [0.2, 0.25) is 0 Å². The van der Waals surface area contributed by atoms with Gasteiger partial charge in [-0.15, -0.1) is 11.3 Å². The minimum Gasteiger partial charge on any atom is -0.489 e. The molecule has 2 nitrogen and oxygen atoms in total. The second kappa shape index (κ2) is 6.23. The summed E-state index contributed by atoms with van der Waals surface area (Å²) in [6.45, 7) is 3.56. The predicted octanol–water partition coefficient (Wildman–Crippen LogP) is 5.24. The van der Waals surface area contributed by atoms with E-state index in [1.54, 1.807) is 11.3 Å². The van der Waals surface area contributed by atoms with E-state index in [-0.39, 0.29) is 4.83 Å². The molecule has 0 fully saturated rings. The predicted molar refractivity (Wildman–Crippen MR) is 94.4 cm³/mol. The van der Waals surface area contributed by atoms with Gasteiger partial charge in [0, 0.05) is 5.92 Å². The monoisotopic (exact) mass is 464 g/mol. The first-order valence-electron chi connectivity index (χ1n) is 6.41. The van der Waals surface area contributed by atoms with Crippen molar-refractivity contribution in [3.63, 3.8) is 0 Å². The normalized spacial score (nSPS) is 19.4. The van der Waals surface area contributed by atoms with Crippen LogP contribution in [0.3, 0.4) is 0 Å². The number of rotatable bonds is 2. The Labute approximate surface area is 144 Å². The first kappa shape index (κ1) is 14.7. The summed E-state index contributed by atoms with van der Waals surface area (Å²) in [5.74, 6) is 2.11. The van der Waals surface area contributed by atoms with Crippen LogP contribution in [0.1, 0.15) is 22.9 Å². The van der Waals surface area contributed by atoms with Crippen molar-refractivity contribution in [2.75, 3.05) is 13.2 Å². The maximum Gasteiger partial charge on any atom is 0.161 e. The molecule has 2 atom stereocenters. The lowest BCUT2D eigenvalue weighted by Gasteiger charge is -2.12. The molecule has 3 rings (SSSR count). The molecule has 0 N–H and O–H groups in total. The van der Waals surface area contributed by atoms with Crippen LogP contribution in [-0.2, 0) is 0 Å². The van der Waals surface area contributed by atoms with E-state index in [2.05, 4.69) is 69.0 Å². The van der Waals surface area contributed by atoms with Crippen molar-refractivity contribution in [2.45, 2.75) is 11.8 Å². The first-order valence-corrected chi connectivity index (χ1v) is 9.28. The number of fused-ring (bicyclic) bond motifs is 1. The minimum absolute atomic E-state index is 0.192. The molecule has 2 unspecified atom stereocenters. The van der Waals surface area contributed by atoms with Crippen molar-refractivity contribution >= 4 is 49.9 Å². The fourth-order valence-corrected chi connectivity index (χ4v) is 4.20. The van der Waals surface area contributed by atoms with Gasteiger partial charge in [-0.3, -0.25) is 0 Å². The summed E-state index contributed by atoms with van der Waals surface area (Å²) in [6, 6.07) is 8.39. The average molecular weight is 465 g/mol. The molecular weight excluding hydrogens is 451 g/mol. The van der Waals surface area contributed by atoms with Crippen LogP contribution in [0.4, 0.5) is 0 Å². The molecule has 0 spiro atoms. The van der Waals surface area contributed by atoms with E-state index in [1.807, 2.05) is 6.07 Å². The van der Waals surface area contributed by atoms with Gasteiger partial charge in [0.1, 0.15) is 0 Å². The molecule has 1 aliphatic heterocycles. The molecule has 0 radical (unpaired) electrons. The molecular formula is C15H14BrIO2S. The lowest BCUT2D eigenvalue weighted by atomic mass is 10.1. The van der Waals surface area contributed by atoms with E-state index in [4.69, 9.17) is 9.47 Å². The van der Waals surface area contributed by atoms with E-state index in [0.29, 0.717) is 19.1 Å². The van der Waals surface area contributed by atoms with Gasteiger partial charge < -0.3 is 9.47 Å². The molecule has 0 amide bonds. The molecule has 106 valence electrons. The SMILES string of the molecule is CC1COc2ccc(C(Br)c3csc(I)c3)cc2OC1. The standard InChI is InChI=1S/C15H14BrIO2S/c1-9-6-18-12-3-2-10(4-13(12)19-7-9)15(16)11-5-14(17)20-8-11/h2-5,8-9,15H,6-7H2,1H3. The summed E-state index contributed by atoms with van der Waals surface area (Å²) in [4.78, 5) is 0.192. The zero-order chi connectivity index (χ0) is 14.1. The molecule has 1 aromatic heterocycles. The molecule has 2 aromatic rings. The van der Waals surface area contributed by atoms with Crippen molar-refractivity contribution in [1.29, 1.82) is 0 Å². The van der Waals surface area contributed by atoms with Crippen LogP contribution in [0.5, 0.6) is 11.5 Å². The summed E-state index contributed by atoms with van der Waals surface area (Å²) in [5, 5.41) is 2.19. The number of alkyl halides is 1. The Morgan fingerprint density at radius 1 is 1.20 bits per heavy atom. The van der Waals surface area contributed by atoms with Gasteiger partial charge >= 0.3 is 0 Å². The molecule has 0 bridgehead atoms. The Morgan fingerprint density at radius 2 is 1.95 bits per heavy atom. The summed E-state index contributed by atoms with van der Waals surface area (Å²) < 4.78 is 12.9. The highest BCUT2D eigenvalue weighted by molar-refractivity contribution is 14.1. The Morgan fingerprint density at radius 3 is 2.65 bits per heavy atom. The summed E-state index contributed by atoms with van der Waals surface area (Å²) >= 11 is 7.88. The molecule has 0 saturated carbocycles. The fourth-order valence-electron chi connectivity index (χ4n) is 2.08. The van der Waals surface area contributed by atoms with Crippen LogP contribution in [0.15, 0.2) is 29.6 Å². The topological polar surface area (TPSA) is 18.5 Å². The van der Waals surface area contributed by atoms with Crippen LogP contribution in [-0.4, -0.2) is 13.2 Å². The van der Waals surface area contributed by atoms with Gasteiger partial charge in [0.05, 0.1) is 20.9 Å². The van der Waals surface area contributed by atoms with Crippen LogP contribution in [0.2, 0.25) is 0 Å². The summed E-state index contributed by atoms with van der Waals surface area (Å²) in [5.41, 5.74) is 2.47. The highest BCUT2D eigenvalue weighted by Crippen LogP contribution is 2.39. The zero-order valence-corrected chi connectivity index (χ0v) is 15.5. The number of thiophene rings is 1. The van der Waals surface area contributed by atoms with Gasteiger partial charge in [-0.05, 0) is 57.3 Å². The van der Waals surface area contributed by atoms with Gasteiger partial charge in [-0.25, -0.2) is 0 Å². The third-order valence-electron chi connectivity index (χ3n) is 3.19. The van der Waals surface area contributed by atoms with E-state index in [0.717, 1.165) is 11.5 Å². The highest BCUT2D eigenvalue weighted by Gasteiger charge is 2.18. The minimum atomic E-state index is 0.192. The van der Waals surface area contributed by atoms with Gasteiger partial charge in [-0.2, -0.15) is 0 Å².